The lowest BCUT2D eigenvalue weighted by Gasteiger charge is -2.34. The predicted molar refractivity (Wildman–Crippen MR) is 65.5 cm³/mol. The fourth-order valence-electron chi connectivity index (χ4n) is 1.59. The van der Waals surface area contributed by atoms with E-state index in [0.29, 0.717) is 25.3 Å². The molecule has 0 saturated carbocycles. The maximum atomic E-state index is 11.9. The molecule has 106 valence electrons. The average Bonchev–Trinajstić information content (AvgIpc) is 2.82. The summed E-state index contributed by atoms with van der Waals surface area (Å²) in [6.45, 7) is 5.30. The molecule has 2 amide bonds. The van der Waals surface area contributed by atoms with Gasteiger partial charge in [-0.05, 0) is 20.8 Å². The summed E-state index contributed by atoms with van der Waals surface area (Å²) in [6.07, 6.45) is 1.64. The van der Waals surface area contributed by atoms with Crippen molar-refractivity contribution in [3.05, 3.63) is 12.2 Å². The third-order valence-electron chi connectivity index (χ3n) is 2.79. The Morgan fingerprint density at radius 1 is 1.53 bits per heavy atom. The molecule has 0 unspecified atom stereocenters. The molecule has 0 atom stereocenters. The Morgan fingerprint density at radius 2 is 2.21 bits per heavy atom. The van der Waals surface area contributed by atoms with Gasteiger partial charge >= 0.3 is 12.0 Å². The standard InChI is InChI=1S/C11H18N4O4/c1-4-15(11(2,3)9(16)17)10(18)12-6-5-8-13-7-19-14-8/h7H,4-6H2,1-3H3,(H,12,18)(H,16,17). The van der Waals surface area contributed by atoms with Crippen LogP contribution in [0.4, 0.5) is 4.79 Å². The van der Waals surface area contributed by atoms with Crippen LogP contribution in [0.1, 0.15) is 26.6 Å². The lowest BCUT2D eigenvalue weighted by Crippen LogP contribution is -2.56. The smallest absolute Gasteiger partial charge is 0.329 e. The zero-order valence-electron chi connectivity index (χ0n) is 11.2. The second-order valence-corrected chi connectivity index (χ2v) is 4.44. The van der Waals surface area contributed by atoms with E-state index in [1.165, 1.54) is 25.1 Å². The number of carboxylic acid groups (broad SMARTS) is 1. The predicted octanol–water partition coefficient (Wildman–Crippen LogP) is 0.507. The monoisotopic (exact) mass is 270 g/mol. The van der Waals surface area contributed by atoms with E-state index in [4.69, 9.17) is 5.11 Å². The molecule has 1 heterocycles. The van der Waals surface area contributed by atoms with E-state index in [2.05, 4.69) is 20.0 Å². The Hall–Kier alpha value is -2.12. The number of hydrogen-bond donors (Lipinski definition) is 2. The van der Waals surface area contributed by atoms with Gasteiger partial charge in [-0.1, -0.05) is 5.16 Å². The average molecular weight is 270 g/mol. The van der Waals surface area contributed by atoms with E-state index in [-0.39, 0.29) is 0 Å². The number of aliphatic carboxylic acids is 1. The number of rotatable bonds is 6. The van der Waals surface area contributed by atoms with Gasteiger partial charge in [-0.15, -0.1) is 0 Å². The molecule has 19 heavy (non-hydrogen) atoms. The van der Waals surface area contributed by atoms with Gasteiger partial charge < -0.3 is 19.8 Å². The molecule has 0 bridgehead atoms. The first-order valence-electron chi connectivity index (χ1n) is 5.93. The molecule has 0 aromatic carbocycles. The van der Waals surface area contributed by atoms with Gasteiger partial charge in [0.05, 0.1) is 0 Å². The molecule has 1 aromatic heterocycles. The summed E-state index contributed by atoms with van der Waals surface area (Å²) in [5.41, 5.74) is -1.26. The highest BCUT2D eigenvalue weighted by atomic mass is 16.5. The zero-order chi connectivity index (χ0) is 14.5. The van der Waals surface area contributed by atoms with E-state index in [1.54, 1.807) is 6.92 Å². The Bertz CT molecular complexity index is 430. The minimum Gasteiger partial charge on any atom is -0.480 e. The van der Waals surface area contributed by atoms with Gasteiger partial charge in [0.1, 0.15) is 5.54 Å². The van der Waals surface area contributed by atoms with Crippen LogP contribution in [0.3, 0.4) is 0 Å². The lowest BCUT2D eigenvalue weighted by atomic mass is 10.0. The third kappa shape index (κ3) is 3.67. The summed E-state index contributed by atoms with van der Waals surface area (Å²) >= 11 is 0. The first-order chi connectivity index (χ1) is 8.89. The Balaban J connectivity index is 2.52. The SMILES string of the molecule is CCN(C(=O)NCCc1ncon1)C(C)(C)C(=O)O. The molecule has 0 aliphatic heterocycles. The number of carboxylic acids is 1. The highest BCUT2D eigenvalue weighted by Crippen LogP contribution is 2.14. The van der Waals surface area contributed by atoms with E-state index in [0.717, 1.165) is 0 Å². The minimum atomic E-state index is -1.26. The summed E-state index contributed by atoms with van der Waals surface area (Å²) < 4.78 is 4.56. The molecule has 0 fully saturated rings. The minimum absolute atomic E-state index is 0.299. The molecule has 0 saturated heterocycles. The van der Waals surface area contributed by atoms with E-state index < -0.39 is 17.5 Å². The van der Waals surface area contributed by atoms with E-state index in [9.17, 15) is 9.59 Å². The maximum Gasteiger partial charge on any atom is 0.329 e. The quantitative estimate of drug-likeness (QED) is 0.779. The molecular formula is C11H18N4O4. The molecule has 1 aromatic rings. The molecule has 0 aliphatic carbocycles. The van der Waals surface area contributed by atoms with Crippen molar-refractivity contribution >= 4 is 12.0 Å². The fourth-order valence-corrected chi connectivity index (χ4v) is 1.59. The number of likely N-dealkylation sites (N-methyl/N-ethyl adjacent to an activating group) is 1. The van der Waals surface area contributed by atoms with Crippen LogP contribution in [-0.4, -0.2) is 50.8 Å². The van der Waals surface area contributed by atoms with Gasteiger partial charge in [0, 0.05) is 19.5 Å². The first-order valence-corrected chi connectivity index (χ1v) is 5.93. The van der Waals surface area contributed by atoms with Crippen molar-refractivity contribution in [2.24, 2.45) is 0 Å². The number of nitrogens with one attached hydrogen (secondary N) is 1. The maximum absolute atomic E-state index is 11.9. The van der Waals surface area contributed by atoms with Crippen molar-refractivity contribution in [1.82, 2.24) is 20.4 Å². The van der Waals surface area contributed by atoms with Crippen molar-refractivity contribution in [3.8, 4) is 0 Å². The number of aromatic nitrogens is 2. The second kappa shape index (κ2) is 6.17. The van der Waals surface area contributed by atoms with Crippen molar-refractivity contribution in [3.63, 3.8) is 0 Å². The van der Waals surface area contributed by atoms with Gasteiger partial charge in [-0.25, -0.2) is 9.59 Å². The summed E-state index contributed by atoms with van der Waals surface area (Å²) in [7, 11) is 0. The van der Waals surface area contributed by atoms with Crippen molar-refractivity contribution in [1.29, 1.82) is 0 Å². The molecule has 0 spiro atoms. The second-order valence-electron chi connectivity index (χ2n) is 4.44. The van der Waals surface area contributed by atoms with E-state index >= 15 is 0 Å². The highest BCUT2D eigenvalue weighted by Gasteiger charge is 2.36. The molecule has 0 aliphatic rings. The van der Waals surface area contributed by atoms with Crippen LogP contribution in [0.25, 0.3) is 0 Å². The van der Waals surface area contributed by atoms with Gasteiger partial charge in [0.15, 0.2) is 5.82 Å². The Kier molecular flexibility index (Phi) is 4.85. The number of amides is 2. The zero-order valence-corrected chi connectivity index (χ0v) is 11.2. The third-order valence-corrected chi connectivity index (χ3v) is 2.79. The number of carbonyl (C=O) groups is 2. The number of urea groups is 1. The van der Waals surface area contributed by atoms with Crippen LogP contribution in [0.2, 0.25) is 0 Å². The Morgan fingerprint density at radius 3 is 2.68 bits per heavy atom. The van der Waals surface area contributed by atoms with Gasteiger partial charge in [0.2, 0.25) is 6.39 Å². The summed E-state index contributed by atoms with van der Waals surface area (Å²) in [5, 5.41) is 15.4. The molecule has 1 rings (SSSR count). The van der Waals surface area contributed by atoms with Crippen LogP contribution < -0.4 is 5.32 Å². The molecule has 0 radical (unpaired) electrons. The normalized spacial score (nSPS) is 11.1. The summed E-state index contributed by atoms with van der Waals surface area (Å²) in [4.78, 5) is 28.1. The van der Waals surface area contributed by atoms with Crippen LogP contribution in [0.15, 0.2) is 10.9 Å². The van der Waals surface area contributed by atoms with E-state index in [1.807, 2.05) is 0 Å². The molecule has 8 nitrogen and oxygen atoms in total. The highest BCUT2D eigenvalue weighted by molar-refractivity contribution is 5.85. The number of hydrogen-bond acceptors (Lipinski definition) is 5. The number of carbonyl (C=O) groups excluding carboxylic acids is 1. The van der Waals surface area contributed by atoms with Crippen molar-refractivity contribution in [2.45, 2.75) is 32.7 Å². The lowest BCUT2D eigenvalue weighted by molar-refractivity contribution is -0.147. The molecule has 8 heteroatoms. The van der Waals surface area contributed by atoms with Crippen LogP contribution in [0, 0.1) is 0 Å². The summed E-state index contributed by atoms with van der Waals surface area (Å²) in [5.74, 6) is -0.566. The van der Waals surface area contributed by atoms with Crippen molar-refractivity contribution < 1.29 is 19.2 Å². The van der Waals surface area contributed by atoms with Gasteiger partial charge in [-0.2, -0.15) is 4.98 Å². The fraction of sp³-hybridized carbons (Fsp3) is 0.636. The van der Waals surface area contributed by atoms with Gasteiger partial charge in [0.25, 0.3) is 0 Å². The Labute approximate surface area is 110 Å². The van der Waals surface area contributed by atoms with Gasteiger partial charge in [-0.3, -0.25) is 0 Å². The number of nitrogens with zero attached hydrogens (tertiary/aromatic N) is 3. The first kappa shape index (κ1) is 14.9. The topological polar surface area (TPSA) is 109 Å². The van der Waals surface area contributed by atoms with Crippen LogP contribution >= 0.6 is 0 Å². The van der Waals surface area contributed by atoms with Crippen LogP contribution in [0.5, 0.6) is 0 Å². The molecular weight excluding hydrogens is 252 g/mol. The van der Waals surface area contributed by atoms with Crippen LogP contribution in [-0.2, 0) is 11.2 Å². The molecule has 2 N–H and O–H groups in total. The summed E-state index contributed by atoms with van der Waals surface area (Å²) in [6, 6.07) is -0.432. The van der Waals surface area contributed by atoms with Crippen molar-refractivity contribution in [2.75, 3.05) is 13.1 Å². The largest absolute Gasteiger partial charge is 0.480 e.